The second-order valence-electron chi connectivity index (χ2n) is 8.60. The molecule has 0 bridgehead atoms. The van der Waals surface area contributed by atoms with Crippen LogP contribution in [0.15, 0.2) is 97.1 Å². The number of nitrogens with zero attached hydrogens (tertiary/aromatic N) is 2. The number of carbonyl (C=O) groups excluding carboxylic acids is 2. The Kier molecular flexibility index (Phi) is 6.99. The Balaban J connectivity index is 1.34. The summed E-state index contributed by atoms with van der Waals surface area (Å²) in [5.41, 5.74) is 1.96. The first-order chi connectivity index (χ1) is 18.5. The van der Waals surface area contributed by atoms with Crippen molar-refractivity contribution in [2.24, 2.45) is 0 Å². The summed E-state index contributed by atoms with van der Waals surface area (Å²) in [6.07, 6.45) is 0. The fraction of sp³-hybridized carbons (Fsp3) is 0.103. The molecule has 5 rings (SSSR count). The van der Waals surface area contributed by atoms with Gasteiger partial charge in [-0.3, -0.25) is 19.7 Å². The molecule has 1 N–H and O–H groups in total. The number of benzene rings is 4. The summed E-state index contributed by atoms with van der Waals surface area (Å²) < 4.78 is 11.3. The number of nitrogens with one attached hydrogen (secondary N) is 1. The second kappa shape index (κ2) is 10.8. The van der Waals surface area contributed by atoms with E-state index in [4.69, 9.17) is 9.47 Å². The van der Waals surface area contributed by atoms with Gasteiger partial charge in [0.05, 0.1) is 17.2 Å². The average molecular weight is 510 g/mol. The standard InChI is InChI=1S/C29H23N3O6/c33-28-19-38-27-15-24(25(32(35)36)16-26(27)31(28)17-20-7-3-1-4-8-20)29(34)30-22-11-13-23(14-12-22)37-18-21-9-5-2-6-10-21/h1-16H,17-19H2,(H,30,34). The number of hydrogen-bond acceptors (Lipinski definition) is 6. The van der Waals surface area contributed by atoms with E-state index in [9.17, 15) is 19.7 Å². The number of nitro benzene ring substituents is 1. The van der Waals surface area contributed by atoms with Crippen LogP contribution in [0, 0.1) is 10.1 Å². The molecule has 0 radical (unpaired) electrons. The Hall–Kier alpha value is -5.18. The first-order valence-electron chi connectivity index (χ1n) is 11.9. The van der Waals surface area contributed by atoms with Gasteiger partial charge in [0.15, 0.2) is 6.61 Å². The van der Waals surface area contributed by atoms with Crippen molar-refractivity contribution in [3.05, 3.63) is 124 Å². The molecule has 9 nitrogen and oxygen atoms in total. The summed E-state index contributed by atoms with van der Waals surface area (Å²) in [6, 6.07) is 28.2. The zero-order valence-electron chi connectivity index (χ0n) is 20.2. The maximum Gasteiger partial charge on any atom is 0.284 e. The number of fused-ring (bicyclic) bond motifs is 1. The number of nitro groups is 1. The Labute approximate surface area is 218 Å². The van der Waals surface area contributed by atoms with Crippen LogP contribution in [0.5, 0.6) is 11.5 Å². The molecule has 0 aromatic heterocycles. The monoisotopic (exact) mass is 509 g/mol. The molecule has 0 aliphatic carbocycles. The van der Waals surface area contributed by atoms with E-state index in [2.05, 4.69) is 5.32 Å². The maximum atomic E-state index is 13.1. The highest BCUT2D eigenvalue weighted by molar-refractivity contribution is 6.09. The van der Waals surface area contributed by atoms with E-state index >= 15 is 0 Å². The highest BCUT2D eigenvalue weighted by atomic mass is 16.6. The van der Waals surface area contributed by atoms with E-state index in [0.29, 0.717) is 18.0 Å². The maximum absolute atomic E-state index is 13.1. The molecule has 9 heteroatoms. The molecule has 4 aromatic rings. The number of ether oxygens (including phenoxy) is 2. The fourth-order valence-corrected chi connectivity index (χ4v) is 4.08. The van der Waals surface area contributed by atoms with Crippen molar-refractivity contribution >= 4 is 28.9 Å². The summed E-state index contributed by atoms with van der Waals surface area (Å²) in [6.45, 7) is 0.387. The molecule has 0 spiro atoms. The highest BCUT2D eigenvalue weighted by Gasteiger charge is 2.32. The Morgan fingerprint density at radius 3 is 2.26 bits per heavy atom. The van der Waals surface area contributed by atoms with Crippen LogP contribution in [0.4, 0.5) is 17.1 Å². The van der Waals surface area contributed by atoms with Crippen LogP contribution < -0.4 is 19.7 Å². The normalized spacial score (nSPS) is 12.3. The van der Waals surface area contributed by atoms with Gasteiger partial charge >= 0.3 is 0 Å². The molecular weight excluding hydrogens is 486 g/mol. The van der Waals surface area contributed by atoms with Gasteiger partial charge in [0.2, 0.25) is 0 Å². The lowest BCUT2D eigenvalue weighted by molar-refractivity contribution is -0.385. The molecule has 38 heavy (non-hydrogen) atoms. The van der Waals surface area contributed by atoms with Crippen LogP contribution >= 0.6 is 0 Å². The first kappa shape index (κ1) is 24.5. The lowest BCUT2D eigenvalue weighted by Gasteiger charge is -2.29. The molecule has 2 amide bonds. The van der Waals surface area contributed by atoms with Gasteiger partial charge in [0.25, 0.3) is 17.5 Å². The molecule has 4 aromatic carbocycles. The second-order valence-corrected chi connectivity index (χ2v) is 8.60. The van der Waals surface area contributed by atoms with Crippen LogP contribution in [0.2, 0.25) is 0 Å². The fourth-order valence-electron chi connectivity index (χ4n) is 4.08. The van der Waals surface area contributed by atoms with E-state index in [1.54, 1.807) is 24.3 Å². The summed E-state index contributed by atoms with van der Waals surface area (Å²) in [7, 11) is 0. The predicted molar refractivity (Wildman–Crippen MR) is 141 cm³/mol. The third-order valence-corrected chi connectivity index (χ3v) is 6.01. The van der Waals surface area contributed by atoms with Crippen LogP contribution in [0.1, 0.15) is 21.5 Å². The first-order valence-corrected chi connectivity index (χ1v) is 11.9. The van der Waals surface area contributed by atoms with Crippen molar-refractivity contribution in [3.8, 4) is 11.5 Å². The molecule has 1 heterocycles. The van der Waals surface area contributed by atoms with Crippen LogP contribution in [-0.4, -0.2) is 23.3 Å². The molecule has 1 aliphatic rings. The molecule has 0 fully saturated rings. The summed E-state index contributed by atoms with van der Waals surface area (Å²) in [5.74, 6) is -0.167. The third kappa shape index (κ3) is 5.46. The van der Waals surface area contributed by atoms with Crippen LogP contribution in [0.25, 0.3) is 0 Å². The van der Waals surface area contributed by atoms with Gasteiger partial charge in [0, 0.05) is 17.8 Å². The van der Waals surface area contributed by atoms with Gasteiger partial charge in [-0.1, -0.05) is 60.7 Å². The summed E-state index contributed by atoms with van der Waals surface area (Å²) in [4.78, 5) is 38.4. The summed E-state index contributed by atoms with van der Waals surface area (Å²) >= 11 is 0. The third-order valence-electron chi connectivity index (χ3n) is 6.01. The molecule has 0 atom stereocenters. The molecule has 1 aliphatic heterocycles. The minimum absolute atomic E-state index is 0.174. The van der Waals surface area contributed by atoms with Crippen molar-refractivity contribution < 1.29 is 24.0 Å². The van der Waals surface area contributed by atoms with Gasteiger partial charge in [-0.25, -0.2) is 0 Å². The minimum Gasteiger partial charge on any atom is -0.489 e. The zero-order valence-corrected chi connectivity index (χ0v) is 20.2. The SMILES string of the molecule is O=C(Nc1ccc(OCc2ccccc2)cc1)c1cc2c(cc1[N+](=O)[O-])N(Cc1ccccc1)C(=O)CO2. The lowest BCUT2D eigenvalue weighted by atomic mass is 10.1. The van der Waals surface area contributed by atoms with Crippen molar-refractivity contribution in [1.29, 1.82) is 0 Å². The van der Waals surface area contributed by atoms with Gasteiger partial charge in [-0.2, -0.15) is 0 Å². The van der Waals surface area contributed by atoms with Crippen molar-refractivity contribution in [2.45, 2.75) is 13.2 Å². The minimum atomic E-state index is -0.674. The molecule has 190 valence electrons. The topological polar surface area (TPSA) is 111 Å². The van der Waals surface area contributed by atoms with Crippen molar-refractivity contribution in [2.75, 3.05) is 16.8 Å². The van der Waals surface area contributed by atoms with Gasteiger partial charge < -0.3 is 19.7 Å². The van der Waals surface area contributed by atoms with Crippen LogP contribution in [0.3, 0.4) is 0 Å². The predicted octanol–water partition coefficient (Wildman–Crippen LogP) is 5.35. The van der Waals surface area contributed by atoms with Crippen molar-refractivity contribution in [3.63, 3.8) is 0 Å². The number of amides is 2. The summed E-state index contributed by atoms with van der Waals surface area (Å²) in [5, 5.41) is 14.6. The van der Waals surface area contributed by atoms with E-state index < -0.39 is 16.5 Å². The quantitative estimate of drug-likeness (QED) is 0.253. The lowest BCUT2D eigenvalue weighted by Crippen LogP contribution is -2.38. The average Bonchev–Trinajstić information content (AvgIpc) is 2.94. The molecular formula is C29H23N3O6. The number of carbonyl (C=O) groups is 2. The molecule has 0 saturated heterocycles. The Morgan fingerprint density at radius 2 is 1.61 bits per heavy atom. The van der Waals surface area contributed by atoms with Gasteiger partial charge in [-0.15, -0.1) is 0 Å². The van der Waals surface area contributed by atoms with Crippen molar-refractivity contribution in [1.82, 2.24) is 0 Å². The van der Waals surface area contributed by atoms with Gasteiger partial charge in [-0.05, 0) is 35.4 Å². The highest BCUT2D eigenvalue weighted by Crippen LogP contribution is 2.39. The molecule has 0 saturated carbocycles. The van der Waals surface area contributed by atoms with Crippen LogP contribution in [-0.2, 0) is 17.9 Å². The Morgan fingerprint density at radius 1 is 0.947 bits per heavy atom. The smallest absolute Gasteiger partial charge is 0.284 e. The van der Waals surface area contributed by atoms with E-state index in [-0.39, 0.29) is 36.1 Å². The van der Waals surface area contributed by atoms with E-state index in [0.717, 1.165) is 11.1 Å². The van der Waals surface area contributed by atoms with E-state index in [1.165, 1.54) is 17.0 Å². The zero-order chi connectivity index (χ0) is 26.5. The molecule has 0 unspecified atom stereocenters. The number of hydrogen-bond donors (Lipinski definition) is 1. The largest absolute Gasteiger partial charge is 0.489 e. The van der Waals surface area contributed by atoms with Gasteiger partial charge in [0.1, 0.15) is 23.7 Å². The number of rotatable bonds is 8. The van der Waals surface area contributed by atoms with E-state index in [1.807, 2.05) is 60.7 Å². The Bertz CT molecular complexity index is 1470. The number of anilines is 2.